The Kier molecular flexibility index (Phi) is 5.24. The summed E-state index contributed by atoms with van der Waals surface area (Å²) in [6.45, 7) is 0. The predicted molar refractivity (Wildman–Crippen MR) is 116 cm³/mol. The summed E-state index contributed by atoms with van der Waals surface area (Å²) in [4.78, 5) is 30.3. The Morgan fingerprint density at radius 1 is 1.10 bits per heavy atom. The number of nitrogens with one attached hydrogen (secondary N) is 1. The minimum Gasteiger partial charge on any atom is -0.507 e. The Labute approximate surface area is 177 Å². The third-order valence-corrected chi connectivity index (χ3v) is 5.38. The SMILES string of the molecule is Nc1nc(-c2ccc(-c3ccc(O)c(C(=O)O)c3)cc2OC2CCCC2)[nH]c(=O)c1N. The monoisotopic (exact) mass is 422 g/mol. The van der Waals surface area contributed by atoms with E-state index in [0.717, 1.165) is 25.7 Å². The maximum atomic E-state index is 12.1. The second-order valence-corrected chi connectivity index (χ2v) is 7.49. The van der Waals surface area contributed by atoms with Gasteiger partial charge in [-0.25, -0.2) is 9.78 Å². The van der Waals surface area contributed by atoms with E-state index in [9.17, 15) is 19.8 Å². The van der Waals surface area contributed by atoms with Gasteiger partial charge >= 0.3 is 5.97 Å². The highest BCUT2D eigenvalue weighted by molar-refractivity contribution is 5.92. The number of hydrogen-bond donors (Lipinski definition) is 5. The normalized spacial score (nSPS) is 13.9. The molecule has 1 aliphatic carbocycles. The van der Waals surface area contributed by atoms with Gasteiger partial charge in [0.05, 0.1) is 11.7 Å². The van der Waals surface area contributed by atoms with Gasteiger partial charge in [0.1, 0.15) is 28.6 Å². The molecule has 0 radical (unpaired) electrons. The van der Waals surface area contributed by atoms with Crippen LogP contribution in [0.15, 0.2) is 41.2 Å². The molecule has 0 spiro atoms. The number of ether oxygens (including phenoxy) is 1. The van der Waals surface area contributed by atoms with Gasteiger partial charge in [-0.3, -0.25) is 4.79 Å². The van der Waals surface area contributed by atoms with Crippen molar-refractivity contribution in [2.24, 2.45) is 0 Å². The van der Waals surface area contributed by atoms with Gasteiger partial charge in [0.25, 0.3) is 5.56 Å². The lowest BCUT2D eigenvalue weighted by molar-refractivity contribution is 0.0694. The molecule has 3 aromatic rings. The van der Waals surface area contributed by atoms with Crippen molar-refractivity contribution in [2.75, 3.05) is 11.5 Å². The van der Waals surface area contributed by atoms with Crippen LogP contribution in [0.2, 0.25) is 0 Å². The minimum absolute atomic E-state index is 0.0289. The number of hydrogen-bond acceptors (Lipinski definition) is 7. The number of carbonyl (C=O) groups is 1. The lowest BCUT2D eigenvalue weighted by atomic mass is 10.00. The second-order valence-electron chi connectivity index (χ2n) is 7.49. The van der Waals surface area contributed by atoms with Gasteiger partial charge in [-0.05, 0) is 61.1 Å². The van der Waals surface area contributed by atoms with Crippen molar-refractivity contribution in [3.05, 3.63) is 52.3 Å². The van der Waals surface area contributed by atoms with Gasteiger partial charge in [-0.1, -0.05) is 12.1 Å². The number of benzene rings is 2. The number of nitrogens with zero attached hydrogens (tertiary/aromatic N) is 1. The first-order valence-corrected chi connectivity index (χ1v) is 9.86. The summed E-state index contributed by atoms with van der Waals surface area (Å²) in [5.41, 5.74) is 12.3. The quantitative estimate of drug-likeness (QED) is 0.418. The molecule has 1 saturated carbocycles. The van der Waals surface area contributed by atoms with Crippen molar-refractivity contribution in [3.63, 3.8) is 0 Å². The summed E-state index contributed by atoms with van der Waals surface area (Å²) < 4.78 is 6.23. The molecule has 1 aliphatic rings. The summed E-state index contributed by atoms with van der Waals surface area (Å²) in [5.74, 6) is -0.888. The molecule has 7 N–H and O–H groups in total. The number of phenols is 1. The van der Waals surface area contributed by atoms with Crippen LogP contribution >= 0.6 is 0 Å². The van der Waals surface area contributed by atoms with E-state index in [1.165, 1.54) is 12.1 Å². The highest BCUT2D eigenvalue weighted by Gasteiger charge is 2.21. The third kappa shape index (κ3) is 4.02. The molecular weight excluding hydrogens is 400 g/mol. The first-order chi connectivity index (χ1) is 14.8. The number of H-pyrrole nitrogens is 1. The van der Waals surface area contributed by atoms with Gasteiger partial charge in [-0.2, -0.15) is 0 Å². The van der Waals surface area contributed by atoms with Crippen LogP contribution in [0.4, 0.5) is 11.5 Å². The van der Waals surface area contributed by atoms with E-state index in [-0.39, 0.29) is 34.7 Å². The van der Waals surface area contributed by atoms with E-state index in [4.69, 9.17) is 16.2 Å². The largest absolute Gasteiger partial charge is 0.507 e. The molecule has 9 nitrogen and oxygen atoms in total. The van der Waals surface area contributed by atoms with Crippen LogP contribution in [0.25, 0.3) is 22.5 Å². The van der Waals surface area contributed by atoms with E-state index in [0.29, 0.717) is 22.4 Å². The Balaban J connectivity index is 1.82. The minimum atomic E-state index is -1.22. The molecular formula is C22H22N4O5. The summed E-state index contributed by atoms with van der Waals surface area (Å²) in [7, 11) is 0. The number of nitrogens with two attached hydrogens (primary N) is 2. The fraction of sp³-hybridized carbons (Fsp3) is 0.227. The molecule has 1 aromatic heterocycles. The fourth-order valence-corrected chi connectivity index (χ4v) is 3.70. The lowest BCUT2D eigenvalue weighted by Crippen LogP contribution is -2.18. The molecule has 0 amide bonds. The molecule has 0 aliphatic heterocycles. The highest BCUT2D eigenvalue weighted by atomic mass is 16.5. The molecule has 0 unspecified atom stereocenters. The maximum Gasteiger partial charge on any atom is 0.339 e. The number of nitrogen functional groups attached to an aromatic ring is 2. The molecule has 1 fully saturated rings. The topological polar surface area (TPSA) is 165 Å². The molecule has 31 heavy (non-hydrogen) atoms. The lowest BCUT2D eigenvalue weighted by Gasteiger charge is -2.18. The zero-order valence-electron chi connectivity index (χ0n) is 16.6. The summed E-state index contributed by atoms with van der Waals surface area (Å²) >= 11 is 0. The maximum absolute atomic E-state index is 12.1. The van der Waals surface area contributed by atoms with E-state index in [2.05, 4.69) is 9.97 Å². The number of aromatic nitrogens is 2. The second kappa shape index (κ2) is 8.02. The van der Waals surface area contributed by atoms with E-state index in [1.807, 2.05) is 0 Å². The van der Waals surface area contributed by atoms with Gasteiger partial charge in [-0.15, -0.1) is 0 Å². The van der Waals surface area contributed by atoms with Crippen LogP contribution < -0.4 is 21.8 Å². The number of carboxylic acid groups (broad SMARTS) is 1. The number of aromatic carboxylic acids is 1. The standard InChI is InChI=1S/C22H22N4O5/c23-18-19(24)25-20(26-21(18)28)14-7-5-12(10-17(14)31-13-3-1-2-4-13)11-6-8-16(27)15(9-11)22(29)30/h5-10,13,27H,1-4,23H2,(H,29,30)(H3,24,25,26,28). The van der Waals surface area contributed by atoms with Crippen LogP contribution in [0.5, 0.6) is 11.5 Å². The number of aromatic hydroxyl groups is 1. The molecule has 0 atom stereocenters. The van der Waals surface area contributed by atoms with Crippen molar-refractivity contribution in [2.45, 2.75) is 31.8 Å². The van der Waals surface area contributed by atoms with Gasteiger partial charge < -0.3 is 31.4 Å². The van der Waals surface area contributed by atoms with Crippen molar-refractivity contribution in [1.82, 2.24) is 9.97 Å². The van der Waals surface area contributed by atoms with Gasteiger partial charge in [0.15, 0.2) is 5.82 Å². The highest BCUT2D eigenvalue weighted by Crippen LogP contribution is 2.36. The number of aromatic amines is 1. The Morgan fingerprint density at radius 3 is 2.45 bits per heavy atom. The number of rotatable bonds is 5. The van der Waals surface area contributed by atoms with Gasteiger partial charge in [0, 0.05) is 0 Å². The van der Waals surface area contributed by atoms with E-state index >= 15 is 0 Å². The van der Waals surface area contributed by atoms with Crippen molar-refractivity contribution in [3.8, 4) is 34.0 Å². The molecule has 1 heterocycles. The molecule has 160 valence electrons. The predicted octanol–water partition coefficient (Wildman–Crippen LogP) is 2.99. The Morgan fingerprint density at radius 2 is 1.77 bits per heavy atom. The smallest absolute Gasteiger partial charge is 0.339 e. The molecule has 0 bridgehead atoms. The molecule has 2 aromatic carbocycles. The summed E-state index contributed by atoms with van der Waals surface area (Å²) in [6, 6.07) is 9.59. The average molecular weight is 422 g/mol. The third-order valence-electron chi connectivity index (χ3n) is 5.38. The Bertz CT molecular complexity index is 1220. The zero-order valence-corrected chi connectivity index (χ0v) is 16.6. The van der Waals surface area contributed by atoms with Crippen molar-refractivity contribution < 1.29 is 19.7 Å². The first kappa shape index (κ1) is 20.3. The number of carboxylic acids is 1. The molecule has 0 saturated heterocycles. The summed E-state index contributed by atoms with van der Waals surface area (Å²) in [5, 5.41) is 19.1. The van der Waals surface area contributed by atoms with Crippen LogP contribution in [-0.2, 0) is 0 Å². The number of anilines is 2. The van der Waals surface area contributed by atoms with Crippen molar-refractivity contribution >= 4 is 17.5 Å². The van der Waals surface area contributed by atoms with Crippen LogP contribution in [-0.4, -0.2) is 32.3 Å². The molecule has 9 heteroatoms. The van der Waals surface area contributed by atoms with Crippen LogP contribution in [0.3, 0.4) is 0 Å². The van der Waals surface area contributed by atoms with Crippen LogP contribution in [0.1, 0.15) is 36.0 Å². The van der Waals surface area contributed by atoms with Gasteiger partial charge in [0.2, 0.25) is 0 Å². The van der Waals surface area contributed by atoms with E-state index < -0.39 is 11.5 Å². The summed E-state index contributed by atoms with van der Waals surface area (Å²) in [6.07, 6.45) is 4.01. The van der Waals surface area contributed by atoms with E-state index in [1.54, 1.807) is 24.3 Å². The molecule has 4 rings (SSSR count). The average Bonchev–Trinajstić information content (AvgIpc) is 3.25. The van der Waals surface area contributed by atoms with Crippen LogP contribution in [0, 0.1) is 0 Å². The Hall–Kier alpha value is -4.01. The van der Waals surface area contributed by atoms with Crippen molar-refractivity contribution in [1.29, 1.82) is 0 Å². The fourth-order valence-electron chi connectivity index (χ4n) is 3.70. The first-order valence-electron chi connectivity index (χ1n) is 9.86. The zero-order chi connectivity index (χ0) is 22.1.